The van der Waals surface area contributed by atoms with E-state index in [1.807, 2.05) is 30.5 Å². The van der Waals surface area contributed by atoms with E-state index in [-0.39, 0.29) is 11.8 Å². The Labute approximate surface area is 170 Å². The van der Waals surface area contributed by atoms with Crippen molar-refractivity contribution in [1.82, 2.24) is 20.4 Å². The molecule has 0 aliphatic rings. The number of aromatic amines is 2. The fourth-order valence-electron chi connectivity index (χ4n) is 3.27. The molecule has 0 spiro atoms. The summed E-state index contributed by atoms with van der Waals surface area (Å²) in [5.41, 5.74) is 3.08. The van der Waals surface area contributed by atoms with Crippen LogP contribution in [0.3, 0.4) is 0 Å². The molecule has 4 rings (SSSR count). The average molecular weight is 405 g/mol. The molecule has 0 radical (unpaired) electrons. The number of benzene rings is 2. The van der Waals surface area contributed by atoms with Crippen LogP contribution in [0, 0.1) is 0 Å². The van der Waals surface area contributed by atoms with Gasteiger partial charge in [0.1, 0.15) is 6.04 Å². The molecule has 0 aliphatic heterocycles. The quantitative estimate of drug-likeness (QED) is 0.390. The normalized spacial score (nSPS) is 11.9. The first kappa shape index (κ1) is 19.2. The predicted molar refractivity (Wildman–Crippen MR) is 111 cm³/mol. The third-order valence-electron chi connectivity index (χ3n) is 4.66. The Kier molecular flexibility index (Phi) is 5.17. The zero-order valence-corrected chi connectivity index (χ0v) is 16.1. The number of hydrogen-bond donors (Lipinski definition) is 4. The van der Waals surface area contributed by atoms with E-state index in [1.165, 1.54) is 6.92 Å². The summed E-state index contributed by atoms with van der Waals surface area (Å²) >= 11 is 0. The molecule has 2 aromatic heterocycles. The van der Waals surface area contributed by atoms with Crippen LogP contribution in [-0.2, 0) is 16.0 Å². The standard InChI is InChI=1S/C21H19N5O4/c1-12(27)23-18(10-14-11-22-17-5-3-2-4-16(14)17)20(28)24-15-8-6-13(7-9-15)19-25-21(29)30-26-19/h2-9,11,18,22H,10H2,1H3,(H,23,27)(H,24,28)(H,25,26,29)/t18-/m1/s1. The van der Waals surface area contributed by atoms with Crippen LogP contribution < -0.4 is 16.4 Å². The number of para-hydroxylation sites is 1. The first-order chi connectivity index (χ1) is 14.5. The Morgan fingerprint density at radius 3 is 2.60 bits per heavy atom. The minimum atomic E-state index is -0.742. The minimum Gasteiger partial charge on any atom is -0.361 e. The summed E-state index contributed by atoms with van der Waals surface area (Å²) in [6, 6.07) is 13.8. The van der Waals surface area contributed by atoms with Crippen LogP contribution >= 0.6 is 0 Å². The van der Waals surface area contributed by atoms with Gasteiger partial charge in [0.05, 0.1) is 0 Å². The molecule has 2 amide bonds. The molecule has 0 bridgehead atoms. The van der Waals surface area contributed by atoms with Crippen LogP contribution in [0.5, 0.6) is 0 Å². The highest BCUT2D eigenvalue weighted by Gasteiger charge is 2.21. The highest BCUT2D eigenvalue weighted by molar-refractivity contribution is 5.97. The maximum absolute atomic E-state index is 12.9. The number of carbonyl (C=O) groups is 2. The number of nitrogens with one attached hydrogen (secondary N) is 4. The number of fused-ring (bicyclic) bond motifs is 1. The van der Waals surface area contributed by atoms with Gasteiger partial charge in [0.25, 0.3) is 0 Å². The van der Waals surface area contributed by atoms with E-state index in [0.717, 1.165) is 16.5 Å². The monoisotopic (exact) mass is 405 g/mol. The molecule has 0 saturated carbocycles. The molecule has 0 unspecified atom stereocenters. The number of rotatable bonds is 6. The molecule has 0 aliphatic carbocycles. The third kappa shape index (κ3) is 4.14. The smallest absolute Gasteiger partial charge is 0.361 e. The molecular formula is C21H19N5O4. The van der Waals surface area contributed by atoms with Crippen LogP contribution in [0.2, 0.25) is 0 Å². The zero-order valence-electron chi connectivity index (χ0n) is 16.1. The molecule has 4 N–H and O–H groups in total. The maximum Gasteiger partial charge on any atom is 0.439 e. The van der Waals surface area contributed by atoms with Crippen molar-refractivity contribution in [3.8, 4) is 11.4 Å². The minimum absolute atomic E-state index is 0.291. The van der Waals surface area contributed by atoms with E-state index in [4.69, 9.17) is 0 Å². The number of aromatic nitrogens is 3. The van der Waals surface area contributed by atoms with E-state index < -0.39 is 11.8 Å². The lowest BCUT2D eigenvalue weighted by Gasteiger charge is -2.17. The molecule has 2 aromatic carbocycles. The number of anilines is 1. The molecular weight excluding hydrogens is 386 g/mol. The first-order valence-electron chi connectivity index (χ1n) is 9.29. The Morgan fingerprint density at radius 1 is 1.13 bits per heavy atom. The Bertz CT molecular complexity index is 1250. The molecule has 0 saturated heterocycles. The lowest BCUT2D eigenvalue weighted by Crippen LogP contribution is -2.44. The van der Waals surface area contributed by atoms with Crippen LogP contribution in [0.25, 0.3) is 22.3 Å². The summed E-state index contributed by atoms with van der Waals surface area (Å²) in [5.74, 6) is -0.968. The molecule has 9 heteroatoms. The van der Waals surface area contributed by atoms with Gasteiger partial charge >= 0.3 is 5.76 Å². The molecule has 9 nitrogen and oxygen atoms in total. The van der Waals surface area contributed by atoms with Crippen LogP contribution in [0.15, 0.2) is 64.0 Å². The fraction of sp³-hybridized carbons (Fsp3) is 0.143. The topological polar surface area (TPSA) is 133 Å². The fourth-order valence-corrected chi connectivity index (χ4v) is 3.27. The average Bonchev–Trinajstić information content (AvgIpc) is 3.34. The molecule has 2 heterocycles. The van der Waals surface area contributed by atoms with Crippen LogP contribution in [0.1, 0.15) is 12.5 Å². The van der Waals surface area contributed by atoms with Gasteiger partial charge in [-0.3, -0.25) is 19.1 Å². The van der Waals surface area contributed by atoms with Gasteiger partial charge in [-0.25, -0.2) is 4.79 Å². The van der Waals surface area contributed by atoms with Crippen molar-refractivity contribution in [2.45, 2.75) is 19.4 Å². The number of nitrogens with zero attached hydrogens (tertiary/aromatic N) is 1. The highest BCUT2D eigenvalue weighted by Crippen LogP contribution is 2.20. The Balaban J connectivity index is 1.50. The largest absolute Gasteiger partial charge is 0.439 e. The summed E-state index contributed by atoms with van der Waals surface area (Å²) < 4.78 is 4.49. The summed E-state index contributed by atoms with van der Waals surface area (Å²) in [6.45, 7) is 1.38. The molecule has 0 fully saturated rings. The third-order valence-corrected chi connectivity index (χ3v) is 4.66. The van der Waals surface area contributed by atoms with E-state index in [2.05, 4.69) is 30.3 Å². The lowest BCUT2D eigenvalue weighted by atomic mass is 10.0. The van der Waals surface area contributed by atoms with E-state index >= 15 is 0 Å². The number of amides is 2. The number of H-pyrrole nitrogens is 2. The Morgan fingerprint density at radius 2 is 1.90 bits per heavy atom. The van der Waals surface area contributed by atoms with Gasteiger partial charge in [0, 0.05) is 41.7 Å². The van der Waals surface area contributed by atoms with Gasteiger partial charge in [0.2, 0.25) is 11.8 Å². The second-order valence-corrected chi connectivity index (χ2v) is 6.83. The maximum atomic E-state index is 12.9. The second kappa shape index (κ2) is 8.08. The van der Waals surface area contributed by atoms with E-state index in [9.17, 15) is 14.4 Å². The predicted octanol–water partition coefficient (Wildman–Crippen LogP) is 2.20. The lowest BCUT2D eigenvalue weighted by molar-refractivity contribution is -0.125. The summed E-state index contributed by atoms with van der Waals surface area (Å²) in [6.07, 6.45) is 2.19. The summed E-state index contributed by atoms with van der Waals surface area (Å²) in [7, 11) is 0. The van der Waals surface area contributed by atoms with Crippen molar-refractivity contribution in [1.29, 1.82) is 0 Å². The van der Waals surface area contributed by atoms with Crippen molar-refractivity contribution in [2.75, 3.05) is 5.32 Å². The van der Waals surface area contributed by atoms with Crippen molar-refractivity contribution < 1.29 is 14.1 Å². The van der Waals surface area contributed by atoms with Crippen molar-refractivity contribution >= 4 is 28.4 Å². The van der Waals surface area contributed by atoms with Crippen molar-refractivity contribution in [3.05, 3.63) is 70.8 Å². The van der Waals surface area contributed by atoms with Gasteiger partial charge < -0.3 is 15.6 Å². The first-order valence-corrected chi connectivity index (χ1v) is 9.29. The van der Waals surface area contributed by atoms with Gasteiger partial charge in [-0.05, 0) is 35.9 Å². The van der Waals surface area contributed by atoms with Crippen LogP contribution in [0.4, 0.5) is 5.69 Å². The highest BCUT2D eigenvalue weighted by atomic mass is 16.5. The molecule has 4 aromatic rings. The number of carbonyl (C=O) groups excluding carboxylic acids is 2. The van der Waals surface area contributed by atoms with Gasteiger partial charge in [-0.2, -0.15) is 0 Å². The van der Waals surface area contributed by atoms with Crippen LogP contribution in [-0.4, -0.2) is 33.0 Å². The van der Waals surface area contributed by atoms with Gasteiger partial charge in [0.15, 0.2) is 5.82 Å². The van der Waals surface area contributed by atoms with E-state index in [0.29, 0.717) is 23.5 Å². The summed E-state index contributed by atoms with van der Waals surface area (Å²) in [5, 5.41) is 10.2. The number of hydrogen-bond acceptors (Lipinski definition) is 5. The molecule has 30 heavy (non-hydrogen) atoms. The van der Waals surface area contributed by atoms with Crippen molar-refractivity contribution in [3.63, 3.8) is 0 Å². The zero-order chi connectivity index (χ0) is 21.1. The summed E-state index contributed by atoms with van der Waals surface area (Å²) in [4.78, 5) is 41.2. The Hall–Kier alpha value is -4.14. The van der Waals surface area contributed by atoms with Gasteiger partial charge in [-0.1, -0.05) is 23.4 Å². The van der Waals surface area contributed by atoms with Crippen molar-refractivity contribution in [2.24, 2.45) is 0 Å². The van der Waals surface area contributed by atoms with E-state index in [1.54, 1.807) is 24.3 Å². The molecule has 1 atom stereocenters. The van der Waals surface area contributed by atoms with Gasteiger partial charge in [-0.15, -0.1) is 0 Å². The SMILES string of the molecule is CC(=O)N[C@H](Cc1c[nH]c2ccccc12)C(=O)Nc1ccc(-c2noc(=O)[nH]2)cc1. The molecule has 152 valence electrons. The second-order valence-electron chi connectivity index (χ2n) is 6.83.